The van der Waals surface area contributed by atoms with Crippen LogP contribution in [0.2, 0.25) is 5.02 Å². The van der Waals surface area contributed by atoms with Crippen molar-refractivity contribution in [1.29, 1.82) is 0 Å². The molecule has 2 rings (SSSR count). The summed E-state index contributed by atoms with van der Waals surface area (Å²) in [4.78, 5) is 24.5. The molecule has 0 aliphatic carbocycles. The lowest BCUT2D eigenvalue weighted by Crippen LogP contribution is -2.53. The van der Waals surface area contributed by atoms with Gasteiger partial charge in [-0.2, -0.15) is 0 Å². The van der Waals surface area contributed by atoms with Crippen molar-refractivity contribution in [3.8, 4) is 0 Å². The highest BCUT2D eigenvalue weighted by Gasteiger charge is 2.29. The van der Waals surface area contributed by atoms with Crippen LogP contribution in [0.1, 0.15) is 11.6 Å². The van der Waals surface area contributed by atoms with Crippen LogP contribution in [-0.2, 0) is 9.59 Å². The maximum atomic E-state index is 11.4. The number of carbonyl (C=O) groups excluding carboxylic acids is 2. The second kappa shape index (κ2) is 5.48. The summed E-state index contributed by atoms with van der Waals surface area (Å²) in [5.74, 6) is -0.617. The lowest BCUT2D eigenvalue weighted by atomic mass is 10.0. The number of nitrogens with one attached hydrogen (secondary N) is 1. The van der Waals surface area contributed by atoms with Gasteiger partial charge >= 0.3 is 0 Å². The molecule has 18 heavy (non-hydrogen) atoms. The van der Waals surface area contributed by atoms with Gasteiger partial charge in [0, 0.05) is 17.6 Å². The Balaban J connectivity index is 2.26. The van der Waals surface area contributed by atoms with E-state index >= 15 is 0 Å². The van der Waals surface area contributed by atoms with E-state index in [-0.39, 0.29) is 30.9 Å². The molecule has 6 heteroatoms. The van der Waals surface area contributed by atoms with Crippen molar-refractivity contribution in [2.45, 2.75) is 6.04 Å². The first-order chi connectivity index (χ1) is 8.61. The molecular formula is C12H14ClN3O2. The van der Waals surface area contributed by atoms with Crippen LogP contribution in [-0.4, -0.2) is 36.3 Å². The molecule has 1 unspecified atom stereocenters. The Morgan fingerprint density at radius 2 is 1.89 bits per heavy atom. The topological polar surface area (TPSA) is 75.4 Å². The van der Waals surface area contributed by atoms with Gasteiger partial charge in [0.1, 0.15) is 0 Å². The molecule has 0 saturated carbocycles. The van der Waals surface area contributed by atoms with Crippen molar-refractivity contribution in [3.63, 3.8) is 0 Å². The Bertz CT molecular complexity index is 462. The summed E-state index contributed by atoms with van der Waals surface area (Å²) in [7, 11) is 0. The highest BCUT2D eigenvalue weighted by Crippen LogP contribution is 2.27. The molecule has 1 aliphatic rings. The van der Waals surface area contributed by atoms with Crippen LogP contribution in [0, 0.1) is 0 Å². The first kappa shape index (κ1) is 13.0. The molecule has 1 aromatic carbocycles. The molecule has 1 heterocycles. The maximum absolute atomic E-state index is 11.4. The fraction of sp³-hybridized carbons (Fsp3) is 0.333. The van der Waals surface area contributed by atoms with E-state index in [1.165, 1.54) is 0 Å². The molecule has 0 spiro atoms. The maximum Gasteiger partial charge on any atom is 0.240 e. The number of piperazine rings is 1. The molecule has 1 atom stereocenters. The minimum atomic E-state index is -0.309. The molecule has 3 N–H and O–H groups in total. The van der Waals surface area contributed by atoms with Crippen LogP contribution >= 0.6 is 11.6 Å². The molecular weight excluding hydrogens is 254 g/mol. The standard InChI is InChI=1S/C12H14ClN3O2/c13-9-4-2-1-3-8(9)10(5-14)16-6-11(17)15-12(18)7-16/h1-4,10H,5-7,14H2,(H,15,17,18). The summed E-state index contributed by atoms with van der Waals surface area (Å²) in [5, 5.41) is 2.85. The van der Waals surface area contributed by atoms with Crippen LogP contribution < -0.4 is 11.1 Å². The summed E-state index contributed by atoms with van der Waals surface area (Å²) in [6, 6.07) is 7.08. The number of nitrogens with two attached hydrogens (primary N) is 1. The van der Waals surface area contributed by atoms with E-state index < -0.39 is 0 Å². The quantitative estimate of drug-likeness (QED) is 0.773. The molecule has 5 nitrogen and oxygen atoms in total. The fourth-order valence-corrected chi connectivity index (χ4v) is 2.36. The molecule has 2 amide bonds. The van der Waals surface area contributed by atoms with Crippen molar-refractivity contribution in [2.24, 2.45) is 5.73 Å². The highest BCUT2D eigenvalue weighted by molar-refractivity contribution is 6.31. The van der Waals surface area contributed by atoms with E-state index in [1.54, 1.807) is 11.0 Å². The van der Waals surface area contributed by atoms with Gasteiger partial charge in [-0.05, 0) is 11.6 Å². The smallest absolute Gasteiger partial charge is 0.240 e. The van der Waals surface area contributed by atoms with E-state index in [0.717, 1.165) is 5.56 Å². The van der Waals surface area contributed by atoms with Crippen LogP contribution in [0.25, 0.3) is 0 Å². The lowest BCUT2D eigenvalue weighted by molar-refractivity contribution is -0.137. The Morgan fingerprint density at radius 3 is 2.44 bits per heavy atom. The zero-order valence-corrected chi connectivity index (χ0v) is 10.5. The number of imide groups is 1. The van der Waals surface area contributed by atoms with Crippen LogP contribution in [0.4, 0.5) is 0 Å². The van der Waals surface area contributed by atoms with Gasteiger partial charge in [0.05, 0.1) is 13.1 Å². The van der Waals surface area contributed by atoms with Gasteiger partial charge in [0.2, 0.25) is 11.8 Å². The molecule has 0 bridgehead atoms. The van der Waals surface area contributed by atoms with Gasteiger partial charge in [-0.3, -0.25) is 19.8 Å². The van der Waals surface area contributed by atoms with E-state index in [1.807, 2.05) is 18.2 Å². The zero-order valence-electron chi connectivity index (χ0n) is 9.73. The van der Waals surface area contributed by atoms with Gasteiger partial charge in [-0.1, -0.05) is 29.8 Å². The Hall–Kier alpha value is -1.43. The zero-order chi connectivity index (χ0) is 13.1. The number of carbonyl (C=O) groups is 2. The van der Waals surface area contributed by atoms with Crippen molar-refractivity contribution < 1.29 is 9.59 Å². The third-order valence-electron chi connectivity index (χ3n) is 2.90. The SMILES string of the molecule is NCC(c1ccccc1Cl)N1CC(=O)NC(=O)C1. The average molecular weight is 268 g/mol. The van der Waals surface area contributed by atoms with Gasteiger partial charge in [0.25, 0.3) is 0 Å². The fourth-order valence-electron chi connectivity index (χ4n) is 2.10. The number of amides is 2. The largest absolute Gasteiger partial charge is 0.329 e. The number of hydrogen-bond acceptors (Lipinski definition) is 4. The van der Waals surface area contributed by atoms with Crippen molar-refractivity contribution in [2.75, 3.05) is 19.6 Å². The van der Waals surface area contributed by atoms with E-state index in [9.17, 15) is 9.59 Å². The monoisotopic (exact) mass is 267 g/mol. The predicted octanol–water partition coefficient (Wildman–Crippen LogP) is 0.298. The van der Waals surface area contributed by atoms with E-state index in [2.05, 4.69) is 5.32 Å². The molecule has 1 saturated heterocycles. The minimum absolute atomic E-state index is 0.152. The normalized spacial score (nSPS) is 18.6. The lowest BCUT2D eigenvalue weighted by Gasteiger charge is -2.33. The van der Waals surface area contributed by atoms with E-state index in [4.69, 9.17) is 17.3 Å². The van der Waals surface area contributed by atoms with Gasteiger partial charge in [-0.15, -0.1) is 0 Å². The summed E-state index contributed by atoms with van der Waals surface area (Å²) in [5.41, 5.74) is 6.59. The second-order valence-corrected chi connectivity index (χ2v) is 4.56. The van der Waals surface area contributed by atoms with Gasteiger partial charge in [0.15, 0.2) is 0 Å². The van der Waals surface area contributed by atoms with Crippen molar-refractivity contribution >= 4 is 23.4 Å². The molecule has 1 aliphatic heterocycles. The number of hydrogen-bond donors (Lipinski definition) is 2. The van der Waals surface area contributed by atoms with Gasteiger partial charge < -0.3 is 5.73 Å². The molecule has 1 aromatic rings. The average Bonchev–Trinajstić information content (AvgIpc) is 2.31. The van der Waals surface area contributed by atoms with E-state index in [0.29, 0.717) is 11.6 Å². The van der Waals surface area contributed by atoms with Crippen molar-refractivity contribution in [1.82, 2.24) is 10.2 Å². The Kier molecular flexibility index (Phi) is 3.96. The Morgan fingerprint density at radius 1 is 1.28 bits per heavy atom. The minimum Gasteiger partial charge on any atom is -0.329 e. The second-order valence-electron chi connectivity index (χ2n) is 4.15. The van der Waals surface area contributed by atoms with Gasteiger partial charge in [-0.25, -0.2) is 0 Å². The molecule has 1 fully saturated rings. The summed E-state index contributed by atoms with van der Waals surface area (Å²) >= 11 is 6.12. The summed E-state index contributed by atoms with van der Waals surface area (Å²) in [6.07, 6.45) is 0. The summed E-state index contributed by atoms with van der Waals surface area (Å²) in [6.45, 7) is 0.599. The van der Waals surface area contributed by atoms with Crippen LogP contribution in [0.15, 0.2) is 24.3 Å². The summed E-state index contributed by atoms with van der Waals surface area (Å²) < 4.78 is 0. The number of rotatable bonds is 3. The number of halogens is 1. The van der Waals surface area contributed by atoms with Crippen LogP contribution in [0.3, 0.4) is 0 Å². The third-order valence-corrected chi connectivity index (χ3v) is 3.24. The number of benzene rings is 1. The van der Waals surface area contributed by atoms with Crippen LogP contribution in [0.5, 0.6) is 0 Å². The first-order valence-electron chi connectivity index (χ1n) is 5.63. The molecule has 96 valence electrons. The Labute approximate surface area is 110 Å². The first-order valence-corrected chi connectivity index (χ1v) is 6.01. The van der Waals surface area contributed by atoms with Crippen molar-refractivity contribution in [3.05, 3.63) is 34.9 Å². The predicted molar refractivity (Wildman–Crippen MR) is 68.0 cm³/mol. The number of nitrogens with zero attached hydrogens (tertiary/aromatic N) is 1. The molecule has 0 aromatic heterocycles. The molecule has 0 radical (unpaired) electrons. The highest BCUT2D eigenvalue weighted by atomic mass is 35.5. The third kappa shape index (κ3) is 2.69.